The lowest BCUT2D eigenvalue weighted by Crippen LogP contribution is -2.23. The van der Waals surface area contributed by atoms with Gasteiger partial charge >= 0.3 is 0 Å². The minimum Gasteiger partial charge on any atom is -0.508 e. The molecule has 0 spiro atoms. The monoisotopic (exact) mass is 191 g/mol. The second kappa shape index (κ2) is 4.46. The lowest BCUT2D eigenvalue weighted by Gasteiger charge is -2.06. The van der Waals surface area contributed by atoms with Crippen molar-refractivity contribution in [3.05, 3.63) is 42.0 Å². The molecule has 1 aromatic rings. The van der Waals surface area contributed by atoms with Crippen LogP contribution in [0.15, 0.2) is 30.9 Å². The SMILES string of the molecule is C=CCNC(=O)c1cccc(O)c1C. The zero-order valence-corrected chi connectivity index (χ0v) is 8.08. The first-order valence-corrected chi connectivity index (χ1v) is 4.34. The van der Waals surface area contributed by atoms with Crippen molar-refractivity contribution in [1.29, 1.82) is 0 Å². The molecule has 74 valence electrons. The zero-order chi connectivity index (χ0) is 10.6. The van der Waals surface area contributed by atoms with Crippen LogP contribution in [0, 0.1) is 6.92 Å². The Labute approximate surface area is 83.1 Å². The van der Waals surface area contributed by atoms with E-state index in [1.807, 2.05) is 0 Å². The maximum absolute atomic E-state index is 11.5. The fraction of sp³-hybridized carbons (Fsp3) is 0.182. The number of nitrogens with one attached hydrogen (secondary N) is 1. The van der Waals surface area contributed by atoms with Crippen molar-refractivity contribution in [2.45, 2.75) is 6.92 Å². The van der Waals surface area contributed by atoms with E-state index >= 15 is 0 Å². The van der Waals surface area contributed by atoms with Crippen molar-refractivity contribution in [2.75, 3.05) is 6.54 Å². The second-order valence-corrected chi connectivity index (χ2v) is 2.95. The summed E-state index contributed by atoms with van der Waals surface area (Å²) in [5, 5.41) is 12.0. The standard InChI is InChI=1S/C11H13NO2/c1-3-7-12-11(14)9-5-4-6-10(13)8(9)2/h3-6,13H,1,7H2,2H3,(H,12,14). The quantitative estimate of drug-likeness (QED) is 0.713. The lowest BCUT2D eigenvalue weighted by atomic mass is 10.1. The highest BCUT2D eigenvalue weighted by molar-refractivity contribution is 5.96. The highest BCUT2D eigenvalue weighted by Crippen LogP contribution is 2.19. The van der Waals surface area contributed by atoms with Gasteiger partial charge in [-0.3, -0.25) is 4.79 Å². The van der Waals surface area contributed by atoms with Crippen LogP contribution in [0.1, 0.15) is 15.9 Å². The lowest BCUT2D eigenvalue weighted by molar-refractivity contribution is 0.0957. The third kappa shape index (κ3) is 2.13. The highest BCUT2D eigenvalue weighted by Gasteiger charge is 2.09. The minimum absolute atomic E-state index is 0.135. The molecular formula is C11H13NO2. The van der Waals surface area contributed by atoms with Crippen molar-refractivity contribution in [1.82, 2.24) is 5.32 Å². The predicted octanol–water partition coefficient (Wildman–Crippen LogP) is 1.62. The van der Waals surface area contributed by atoms with E-state index in [0.717, 1.165) is 0 Å². The highest BCUT2D eigenvalue weighted by atomic mass is 16.3. The van der Waals surface area contributed by atoms with E-state index in [1.54, 1.807) is 31.2 Å². The van der Waals surface area contributed by atoms with Crippen molar-refractivity contribution >= 4 is 5.91 Å². The number of hydrogen-bond donors (Lipinski definition) is 2. The topological polar surface area (TPSA) is 49.3 Å². The molecule has 0 aliphatic heterocycles. The summed E-state index contributed by atoms with van der Waals surface area (Å²) in [6.07, 6.45) is 1.61. The summed E-state index contributed by atoms with van der Waals surface area (Å²) in [4.78, 5) is 11.5. The number of carbonyl (C=O) groups excluding carboxylic acids is 1. The van der Waals surface area contributed by atoms with Gasteiger partial charge < -0.3 is 10.4 Å². The smallest absolute Gasteiger partial charge is 0.251 e. The Morgan fingerprint density at radius 1 is 1.64 bits per heavy atom. The number of carbonyl (C=O) groups is 1. The Morgan fingerprint density at radius 3 is 3.00 bits per heavy atom. The summed E-state index contributed by atoms with van der Waals surface area (Å²) < 4.78 is 0. The van der Waals surface area contributed by atoms with Gasteiger partial charge in [0.25, 0.3) is 5.91 Å². The summed E-state index contributed by atoms with van der Waals surface area (Å²) in [5.41, 5.74) is 1.08. The van der Waals surface area contributed by atoms with Gasteiger partial charge in [-0.2, -0.15) is 0 Å². The number of benzene rings is 1. The molecule has 0 unspecified atom stereocenters. The van der Waals surface area contributed by atoms with Gasteiger partial charge in [0.2, 0.25) is 0 Å². The molecule has 0 aromatic heterocycles. The van der Waals surface area contributed by atoms with E-state index in [1.165, 1.54) is 0 Å². The Kier molecular flexibility index (Phi) is 3.29. The third-order valence-electron chi connectivity index (χ3n) is 1.96. The van der Waals surface area contributed by atoms with Crippen LogP contribution in [-0.4, -0.2) is 17.6 Å². The van der Waals surface area contributed by atoms with Crippen LogP contribution in [0.3, 0.4) is 0 Å². The fourth-order valence-corrected chi connectivity index (χ4v) is 1.13. The molecule has 0 saturated carbocycles. The van der Waals surface area contributed by atoms with Gasteiger partial charge in [0.1, 0.15) is 5.75 Å². The molecule has 3 nitrogen and oxygen atoms in total. The number of amides is 1. The van der Waals surface area contributed by atoms with Gasteiger partial charge in [-0.1, -0.05) is 12.1 Å². The Hall–Kier alpha value is -1.77. The summed E-state index contributed by atoms with van der Waals surface area (Å²) in [6, 6.07) is 4.87. The number of rotatable bonds is 3. The first-order chi connectivity index (χ1) is 6.66. The van der Waals surface area contributed by atoms with Crippen molar-refractivity contribution in [3.8, 4) is 5.75 Å². The van der Waals surface area contributed by atoms with Gasteiger partial charge in [0.05, 0.1) is 0 Å². The van der Waals surface area contributed by atoms with Gasteiger partial charge in [0, 0.05) is 17.7 Å². The maximum Gasteiger partial charge on any atom is 0.251 e. The molecule has 0 radical (unpaired) electrons. The number of aromatic hydroxyl groups is 1. The first-order valence-electron chi connectivity index (χ1n) is 4.34. The normalized spacial score (nSPS) is 9.50. The van der Waals surface area contributed by atoms with Crippen molar-refractivity contribution in [3.63, 3.8) is 0 Å². The average molecular weight is 191 g/mol. The van der Waals surface area contributed by atoms with Crippen molar-refractivity contribution in [2.24, 2.45) is 0 Å². The van der Waals surface area contributed by atoms with E-state index in [9.17, 15) is 9.90 Å². The molecule has 0 atom stereocenters. The van der Waals surface area contributed by atoms with E-state index < -0.39 is 0 Å². The number of phenolic OH excluding ortho intramolecular Hbond substituents is 1. The molecule has 0 fully saturated rings. The van der Waals surface area contributed by atoms with Crippen molar-refractivity contribution < 1.29 is 9.90 Å². The van der Waals surface area contributed by atoms with Crippen LogP contribution in [0.5, 0.6) is 5.75 Å². The Morgan fingerprint density at radius 2 is 2.36 bits per heavy atom. The van der Waals surface area contributed by atoms with Crippen LogP contribution >= 0.6 is 0 Å². The Bertz CT molecular complexity index is 358. The largest absolute Gasteiger partial charge is 0.508 e. The summed E-state index contributed by atoms with van der Waals surface area (Å²) in [7, 11) is 0. The zero-order valence-electron chi connectivity index (χ0n) is 8.08. The van der Waals surface area contributed by atoms with Gasteiger partial charge in [0.15, 0.2) is 0 Å². The van der Waals surface area contributed by atoms with Gasteiger partial charge in [-0.25, -0.2) is 0 Å². The van der Waals surface area contributed by atoms with Crippen LogP contribution in [0.4, 0.5) is 0 Å². The van der Waals surface area contributed by atoms with E-state index in [0.29, 0.717) is 17.7 Å². The molecule has 1 amide bonds. The van der Waals surface area contributed by atoms with E-state index in [4.69, 9.17) is 0 Å². The maximum atomic E-state index is 11.5. The summed E-state index contributed by atoms with van der Waals surface area (Å²) in [5.74, 6) is -0.0606. The summed E-state index contributed by atoms with van der Waals surface area (Å²) in [6.45, 7) is 5.63. The Balaban J connectivity index is 2.89. The molecule has 3 heteroatoms. The van der Waals surface area contributed by atoms with E-state index in [2.05, 4.69) is 11.9 Å². The average Bonchev–Trinajstić information content (AvgIpc) is 2.18. The van der Waals surface area contributed by atoms with Gasteiger partial charge in [-0.05, 0) is 19.1 Å². The molecule has 0 saturated heterocycles. The molecule has 1 aromatic carbocycles. The van der Waals surface area contributed by atoms with Crippen LogP contribution in [-0.2, 0) is 0 Å². The first kappa shape index (κ1) is 10.3. The fourth-order valence-electron chi connectivity index (χ4n) is 1.13. The number of hydrogen-bond acceptors (Lipinski definition) is 2. The number of phenols is 1. The molecule has 2 N–H and O–H groups in total. The molecule has 0 aliphatic carbocycles. The van der Waals surface area contributed by atoms with Crippen LogP contribution in [0.2, 0.25) is 0 Å². The molecule has 0 bridgehead atoms. The molecular weight excluding hydrogens is 178 g/mol. The minimum atomic E-state index is -0.196. The third-order valence-corrected chi connectivity index (χ3v) is 1.96. The molecule has 1 rings (SSSR count). The van der Waals surface area contributed by atoms with Gasteiger partial charge in [-0.15, -0.1) is 6.58 Å². The second-order valence-electron chi connectivity index (χ2n) is 2.95. The predicted molar refractivity (Wildman–Crippen MR) is 55.4 cm³/mol. The molecule has 0 aliphatic rings. The van der Waals surface area contributed by atoms with Crippen LogP contribution in [0.25, 0.3) is 0 Å². The van der Waals surface area contributed by atoms with E-state index in [-0.39, 0.29) is 11.7 Å². The van der Waals surface area contributed by atoms with Crippen LogP contribution < -0.4 is 5.32 Å². The molecule has 14 heavy (non-hydrogen) atoms. The molecule has 0 heterocycles. The summed E-state index contributed by atoms with van der Waals surface area (Å²) >= 11 is 0.